The summed E-state index contributed by atoms with van der Waals surface area (Å²) in [6, 6.07) is -0.358. The first-order chi connectivity index (χ1) is 6.50. The van der Waals surface area contributed by atoms with Crippen LogP contribution in [0.15, 0.2) is 0 Å². The second-order valence-electron chi connectivity index (χ2n) is 4.23. The Kier molecular flexibility index (Phi) is 3.49. The van der Waals surface area contributed by atoms with Gasteiger partial charge in [0.15, 0.2) is 0 Å². The SMILES string of the molecule is CC(C)CCN1CC(=O)NC(C)C1=O. The van der Waals surface area contributed by atoms with Crippen molar-refractivity contribution in [2.45, 2.75) is 33.2 Å². The Morgan fingerprint density at radius 1 is 1.50 bits per heavy atom. The number of carbonyl (C=O) groups excluding carboxylic acids is 2. The molecule has 1 aliphatic heterocycles. The molecule has 80 valence electrons. The van der Waals surface area contributed by atoms with Gasteiger partial charge in [-0.15, -0.1) is 0 Å². The van der Waals surface area contributed by atoms with Crippen LogP contribution in [-0.2, 0) is 9.59 Å². The Balaban J connectivity index is 2.49. The summed E-state index contributed by atoms with van der Waals surface area (Å²) >= 11 is 0. The minimum absolute atomic E-state index is 0.0326. The molecule has 2 amide bonds. The fourth-order valence-electron chi connectivity index (χ4n) is 1.48. The maximum Gasteiger partial charge on any atom is 0.245 e. The van der Waals surface area contributed by atoms with Gasteiger partial charge < -0.3 is 10.2 Å². The van der Waals surface area contributed by atoms with Crippen molar-refractivity contribution in [3.8, 4) is 0 Å². The van der Waals surface area contributed by atoms with E-state index in [-0.39, 0.29) is 24.4 Å². The van der Waals surface area contributed by atoms with Gasteiger partial charge in [0.05, 0.1) is 6.54 Å². The van der Waals surface area contributed by atoms with Crippen LogP contribution in [0.5, 0.6) is 0 Å². The maximum atomic E-state index is 11.6. The van der Waals surface area contributed by atoms with Gasteiger partial charge in [-0.25, -0.2) is 0 Å². The normalized spacial score (nSPS) is 22.9. The molecule has 0 aromatic carbocycles. The molecule has 1 fully saturated rings. The molecular formula is C10H18N2O2. The molecule has 4 nitrogen and oxygen atoms in total. The maximum absolute atomic E-state index is 11.6. The molecule has 0 spiro atoms. The summed E-state index contributed by atoms with van der Waals surface area (Å²) in [7, 11) is 0. The number of amides is 2. The zero-order valence-corrected chi connectivity index (χ0v) is 9.04. The third kappa shape index (κ3) is 2.72. The first-order valence-electron chi connectivity index (χ1n) is 5.09. The van der Waals surface area contributed by atoms with E-state index in [0.717, 1.165) is 6.42 Å². The third-order valence-electron chi connectivity index (χ3n) is 2.37. The first-order valence-corrected chi connectivity index (χ1v) is 5.09. The van der Waals surface area contributed by atoms with Gasteiger partial charge in [0.25, 0.3) is 0 Å². The lowest BCUT2D eigenvalue weighted by Crippen LogP contribution is -2.56. The highest BCUT2D eigenvalue weighted by atomic mass is 16.2. The Morgan fingerprint density at radius 3 is 2.71 bits per heavy atom. The summed E-state index contributed by atoms with van der Waals surface area (Å²) in [5, 5.41) is 2.62. The van der Waals surface area contributed by atoms with Crippen molar-refractivity contribution in [3.05, 3.63) is 0 Å². The molecule has 1 saturated heterocycles. The van der Waals surface area contributed by atoms with E-state index in [1.54, 1.807) is 11.8 Å². The van der Waals surface area contributed by atoms with Crippen LogP contribution in [0.1, 0.15) is 27.2 Å². The number of rotatable bonds is 3. The van der Waals surface area contributed by atoms with Crippen molar-refractivity contribution < 1.29 is 9.59 Å². The molecule has 1 rings (SSSR count). The predicted molar refractivity (Wildman–Crippen MR) is 53.6 cm³/mol. The van der Waals surface area contributed by atoms with Gasteiger partial charge in [0.1, 0.15) is 6.04 Å². The van der Waals surface area contributed by atoms with Crippen molar-refractivity contribution in [1.29, 1.82) is 0 Å². The van der Waals surface area contributed by atoms with Crippen molar-refractivity contribution in [2.75, 3.05) is 13.1 Å². The molecule has 14 heavy (non-hydrogen) atoms. The summed E-state index contributed by atoms with van der Waals surface area (Å²) in [4.78, 5) is 24.4. The zero-order chi connectivity index (χ0) is 10.7. The third-order valence-corrected chi connectivity index (χ3v) is 2.37. The fourth-order valence-corrected chi connectivity index (χ4v) is 1.48. The minimum atomic E-state index is -0.358. The van der Waals surface area contributed by atoms with E-state index < -0.39 is 0 Å². The number of nitrogens with zero attached hydrogens (tertiary/aromatic N) is 1. The van der Waals surface area contributed by atoms with E-state index in [1.165, 1.54) is 0 Å². The molecule has 0 radical (unpaired) electrons. The van der Waals surface area contributed by atoms with Crippen molar-refractivity contribution in [3.63, 3.8) is 0 Å². The highest BCUT2D eigenvalue weighted by molar-refractivity contribution is 5.94. The van der Waals surface area contributed by atoms with Crippen LogP contribution in [0.3, 0.4) is 0 Å². The van der Waals surface area contributed by atoms with Gasteiger partial charge in [-0.3, -0.25) is 9.59 Å². The molecule has 1 unspecified atom stereocenters. The van der Waals surface area contributed by atoms with Crippen LogP contribution in [0, 0.1) is 5.92 Å². The van der Waals surface area contributed by atoms with Crippen molar-refractivity contribution >= 4 is 11.8 Å². The number of piperazine rings is 1. The average molecular weight is 198 g/mol. The fraction of sp³-hybridized carbons (Fsp3) is 0.800. The van der Waals surface area contributed by atoms with Gasteiger partial charge in [-0.2, -0.15) is 0 Å². The van der Waals surface area contributed by atoms with Crippen molar-refractivity contribution in [1.82, 2.24) is 10.2 Å². The topological polar surface area (TPSA) is 49.4 Å². The Bertz CT molecular complexity index is 238. The highest BCUT2D eigenvalue weighted by Gasteiger charge is 2.28. The van der Waals surface area contributed by atoms with Gasteiger partial charge in [-0.1, -0.05) is 13.8 Å². The first kappa shape index (κ1) is 11.0. The van der Waals surface area contributed by atoms with Crippen molar-refractivity contribution in [2.24, 2.45) is 5.92 Å². The van der Waals surface area contributed by atoms with Crippen LogP contribution in [0.4, 0.5) is 0 Å². The van der Waals surface area contributed by atoms with E-state index >= 15 is 0 Å². The lowest BCUT2D eigenvalue weighted by molar-refractivity contribution is -0.143. The van der Waals surface area contributed by atoms with E-state index in [2.05, 4.69) is 19.2 Å². The van der Waals surface area contributed by atoms with Crippen LogP contribution in [-0.4, -0.2) is 35.8 Å². The largest absolute Gasteiger partial charge is 0.343 e. The molecule has 1 aliphatic rings. The Labute approximate surface area is 84.7 Å². The van der Waals surface area contributed by atoms with Crippen LogP contribution in [0.2, 0.25) is 0 Å². The van der Waals surface area contributed by atoms with E-state index in [1.807, 2.05) is 0 Å². The van der Waals surface area contributed by atoms with Gasteiger partial charge in [0.2, 0.25) is 11.8 Å². The van der Waals surface area contributed by atoms with Crippen LogP contribution < -0.4 is 5.32 Å². The molecule has 0 aliphatic carbocycles. The average Bonchev–Trinajstić information content (AvgIpc) is 2.08. The van der Waals surface area contributed by atoms with Crippen LogP contribution in [0.25, 0.3) is 0 Å². The van der Waals surface area contributed by atoms with Gasteiger partial charge in [0, 0.05) is 6.54 Å². The molecule has 0 saturated carbocycles. The number of carbonyl (C=O) groups is 2. The number of hydrogen-bond acceptors (Lipinski definition) is 2. The van der Waals surface area contributed by atoms with E-state index in [4.69, 9.17) is 0 Å². The smallest absolute Gasteiger partial charge is 0.245 e. The molecule has 1 heterocycles. The zero-order valence-electron chi connectivity index (χ0n) is 9.04. The minimum Gasteiger partial charge on any atom is -0.343 e. The number of hydrogen-bond donors (Lipinski definition) is 1. The molecular weight excluding hydrogens is 180 g/mol. The summed E-state index contributed by atoms with van der Waals surface area (Å²) in [5.74, 6) is 0.536. The Morgan fingerprint density at radius 2 is 2.14 bits per heavy atom. The second-order valence-corrected chi connectivity index (χ2v) is 4.23. The molecule has 0 bridgehead atoms. The monoisotopic (exact) mass is 198 g/mol. The molecule has 0 aromatic rings. The summed E-state index contributed by atoms with van der Waals surface area (Å²) in [6.45, 7) is 6.85. The molecule has 0 aromatic heterocycles. The lowest BCUT2D eigenvalue weighted by atomic mass is 10.1. The summed E-state index contributed by atoms with van der Waals surface area (Å²) in [6.07, 6.45) is 0.950. The predicted octanol–water partition coefficient (Wildman–Crippen LogP) is 0.379. The Hall–Kier alpha value is -1.06. The molecule has 1 N–H and O–H groups in total. The van der Waals surface area contributed by atoms with E-state index in [9.17, 15) is 9.59 Å². The standard InChI is InChI=1S/C10H18N2O2/c1-7(2)4-5-12-6-9(13)11-8(3)10(12)14/h7-8H,4-6H2,1-3H3,(H,11,13). The summed E-state index contributed by atoms with van der Waals surface area (Å²) < 4.78 is 0. The summed E-state index contributed by atoms with van der Waals surface area (Å²) in [5.41, 5.74) is 0. The molecule has 1 atom stereocenters. The molecule has 4 heteroatoms. The lowest BCUT2D eigenvalue weighted by Gasteiger charge is -2.31. The highest BCUT2D eigenvalue weighted by Crippen LogP contribution is 2.06. The quantitative estimate of drug-likeness (QED) is 0.712. The van der Waals surface area contributed by atoms with Crippen LogP contribution >= 0.6 is 0 Å². The number of nitrogens with one attached hydrogen (secondary N) is 1. The van der Waals surface area contributed by atoms with Gasteiger partial charge >= 0.3 is 0 Å². The van der Waals surface area contributed by atoms with Gasteiger partial charge in [-0.05, 0) is 19.3 Å². The van der Waals surface area contributed by atoms with E-state index in [0.29, 0.717) is 12.5 Å². The second kappa shape index (κ2) is 4.44.